The molecule has 0 saturated heterocycles. The first-order valence-corrected chi connectivity index (χ1v) is 6.68. The molecule has 22 heavy (non-hydrogen) atoms. The fourth-order valence-corrected chi connectivity index (χ4v) is 1.95. The van der Waals surface area contributed by atoms with Crippen molar-refractivity contribution in [2.45, 2.75) is 13.1 Å². The predicted molar refractivity (Wildman–Crippen MR) is 82.4 cm³/mol. The highest BCUT2D eigenvalue weighted by Crippen LogP contribution is 2.31. The number of aryl methyl sites for hydroxylation is 1. The first-order chi connectivity index (χ1) is 10.3. The van der Waals surface area contributed by atoms with Gasteiger partial charge in [-0.2, -0.15) is 13.2 Å². The minimum atomic E-state index is -4.55. The normalized spacial score (nSPS) is 11.1. The van der Waals surface area contributed by atoms with Crippen molar-refractivity contribution in [3.8, 4) is 0 Å². The van der Waals surface area contributed by atoms with Crippen molar-refractivity contribution in [3.05, 3.63) is 59.4 Å². The lowest BCUT2D eigenvalue weighted by Gasteiger charge is -2.13. The van der Waals surface area contributed by atoms with Gasteiger partial charge in [0.1, 0.15) is 5.82 Å². The van der Waals surface area contributed by atoms with Gasteiger partial charge in [-0.3, -0.25) is 0 Å². The molecule has 0 heterocycles. The van der Waals surface area contributed by atoms with Crippen LogP contribution >= 0.6 is 12.2 Å². The molecule has 0 bridgehead atoms. The van der Waals surface area contributed by atoms with Crippen LogP contribution < -0.4 is 10.6 Å². The van der Waals surface area contributed by atoms with Crippen LogP contribution in [0.1, 0.15) is 11.1 Å². The molecular formula is C15H12F4N2S. The summed E-state index contributed by atoms with van der Waals surface area (Å²) in [4.78, 5) is 0. The topological polar surface area (TPSA) is 24.1 Å². The summed E-state index contributed by atoms with van der Waals surface area (Å²) in [5, 5.41) is 5.21. The average molecular weight is 328 g/mol. The van der Waals surface area contributed by atoms with Crippen molar-refractivity contribution in [2.24, 2.45) is 0 Å². The van der Waals surface area contributed by atoms with E-state index in [-0.39, 0.29) is 10.8 Å². The Morgan fingerprint density at radius 2 is 1.64 bits per heavy atom. The van der Waals surface area contributed by atoms with Crippen LogP contribution in [-0.4, -0.2) is 5.11 Å². The SMILES string of the molecule is Cc1ccc(NC(=S)Nc2cc(C(F)(F)F)ccc2F)cc1. The fourth-order valence-electron chi connectivity index (χ4n) is 1.72. The predicted octanol–water partition coefficient (Wildman–Crippen LogP) is 4.96. The molecule has 2 aromatic carbocycles. The Balaban J connectivity index is 2.12. The van der Waals surface area contributed by atoms with E-state index in [1.807, 2.05) is 19.1 Å². The molecule has 0 unspecified atom stereocenters. The average Bonchev–Trinajstić information content (AvgIpc) is 2.42. The van der Waals surface area contributed by atoms with Crippen molar-refractivity contribution in [1.82, 2.24) is 0 Å². The van der Waals surface area contributed by atoms with Crippen LogP contribution in [0.2, 0.25) is 0 Å². The van der Waals surface area contributed by atoms with Gasteiger partial charge in [-0.05, 0) is 49.5 Å². The van der Waals surface area contributed by atoms with Crippen LogP contribution in [0.3, 0.4) is 0 Å². The summed E-state index contributed by atoms with van der Waals surface area (Å²) in [5.74, 6) is -0.818. The highest BCUT2D eigenvalue weighted by molar-refractivity contribution is 7.80. The summed E-state index contributed by atoms with van der Waals surface area (Å²) in [5.41, 5.74) is 0.415. The Morgan fingerprint density at radius 3 is 2.23 bits per heavy atom. The minimum absolute atomic E-state index is 0.00192. The van der Waals surface area contributed by atoms with Gasteiger partial charge < -0.3 is 10.6 Å². The molecule has 0 fully saturated rings. The summed E-state index contributed by atoms with van der Waals surface area (Å²) < 4.78 is 51.5. The van der Waals surface area contributed by atoms with Gasteiger partial charge in [0, 0.05) is 5.69 Å². The molecule has 0 aromatic heterocycles. The molecule has 0 atom stereocenters. The number of hydrogen-bond acceptors (Lipinski definition) is 1. The maximum atomic E-state index is 13.6. The summed E-state index contributed by atoms with van der Waals surface area (Å²) in [7, 11) is 0. The van der Waals surface area contributed by atoms with E-state index in [0.29, 0.717) is 17.8 Å². The van der Waals surface area contributed by atoms with Gasteiger partial charge in [-0.25, -0.2) is 4.39 Å². The van der Waals surface area contributed by atoms with E-state index in [4.69, 9.17) is 12.2 Å². The van der Waals surface area contributed by atoms with Crippen LogP contribution in [-0.2, 0) is 6.18 Å². The van der Waals surface area contributed by atoms with Gasteiger partial charge in [0.25, 0.3) is 0 Å². The molecule has 2 aromatic rings. The highest BCUT2D eigenvalue weighted by atomic mass is 32.1. The molecule has 0 amide bonds. The van der Waals surface area contributed by atoms with Gasteiger partial charge >= 0.3 is 6.18 Å². The molecule has 0 saturated carbocycles. The molecule has 2 rings (SSSR count). The first-order valence-electron chi connectivity index (χ1n) is 6.27. The van der Waals surface area contributed by atoms with Crippen molar-refractivity contribution in [1.29, 1.82) is 0 Å². The number of thiocarbonyl (C=S) groups is 1. The van der Waals surface area contributed by atoms with Gasteiger partial charge in [0.2, 0.25) is 0 Å². The van der Waals surface area contributed by atoms with E-state index in [9.17, 15) is 17.6 Å². The monoisotopic (exact) mass is 328 g/mol. The summed E-state index contributed by atoms with van der Waals surface area (Å²) >= 11 is 4.98. The smallest absolute Gasteiger partial charge is 0.332 e. The molecule has 0 aliphatic heterocycles. The fraction of sp³-hybridized carbons (Fsp3) is 0.133. The van der Waals surface area contributed by atoms with E-state index >= 15 is 0 Å². The zero-order chi connectivity index (χ0) is 16.3. The summed E-state index contributed by atoms with van der Waals surface area (Å²) in [6, 6.07) is 9.30. The third-order valence-corrected chi connectivity index (χ3v) is 3.06. The van der Waals surface area contributed by atoms with Crippen molar-refractivity contribution in [3.63, 3.8) is 0 Å². The number of anilines is 2. The van der Waals surface area contributed by atoms with Gasteiger partial charge in [0.05, 0.1) is 11.3 Å². The van der Waals surface area contributed by atoms with Crippen molar-refractivity contribution in [2.75, 3.05) is 10.6 Å². The first kappa shape index (κ1) is 16.2. The Kier molecular flexibility index (Phi) is 4.65. The summed E-state index contributed by atoms with van der Waals surface area (Å²) in [6.07, 6.45) is -4.55. The van der Waals surface area contributed by atoms with Gasteiger partial charge in [-0.1, -0.05) is 17.7 Å². The number of halogens is 4. The number of hydrogen-bond donors (Lipinski definition) is 2. The van der Waals surface area contributed by atoms with Crippen LogP contribution in [0.4, 0.5) is 28.9 Å². The van der Waals surface area contributed by atoms with Crippen LogP contribution in [0.25, 0.3) is 0 Å². The standard InChI is InChI=1S/C15H12F4N2S/c1-9-2-5-11(6-3-9)20-14(22)21-13-8-10(15(17,18)19)4-7-12(13)16/h2-8H,1H3,(H2,20,21,22). The van der Waals surface area contributed by atoms with Crippen molar-refractivity contribution >= 4 is 28.7 Å². The Bertz CT molecular complexity index is 681. The Labute approximate surface area is 130 Å². The second kappa shape index (κ2) is 6.31. The third kappa shape index (κ3) is 4.17. The lowest BCUT2D eigenvalue weighted by atomic mass is 10.2. The molecule has 7 heteroatoms. The zero-order valence-electron chi connectivity index (χ0n) is 11.5. The molecule has 0 aliphatic carbocycles. The number of alkyl halides is 3. The summed E-state index contributed by atoms with van der Waals surface area (Å²) in [6.45, 7) is 1.92. The Hall–Kier alpha value is -2.15. The van der Waals surface area contributed by atoms with Crippen LogP contribution in [0.5, 0.6) is 0 Å². The lowest BCUT2D eigenvalue weighted by molar-refractivity contribution is -0.137. The molecule has 116 valence electrons. The molecule has 0 spiro atoms. The molecular weight excluding hydrogens is 316 g/mol. The van der Waals surface area contributed by atoms with E-state index in [1.165, 1.54) is 0 Å². The molecule has 2 nitrogen and oxygen atoms in total. The lowest BCUT2D eigenvalue weighted by Crippen LogP contribution is -2.20. The van der Waals surface area contributed by atoms with E-state index < -0.39 is 17.6 Å². The molecule has 0 radical (unpaired) electrons. The van der Waals surface area contributed by atoms with E-state index in [1.54, 1.807) is 12.1 Å². The molecule has 2 N–H and O–H groups in total. The number of rotatable bonds is 2. The largest absolute Gasteiger partial charge is 0.416 e. The van der Waals surface area contributed by atoms with E-state index in [2.05, 4.69) is 10.6 Å². The zero-order valence-corrected chi connectivity index (χ0v) is 12.3. The molecule has 0 aliphatic rings. The quantitative estimate of drug-likeness (QED) is 0.602. The number of nitrogens with one attached hydrogen (secondary N) is 2. The second-order valence-electron chi connectivity index (χ2n) is 4.64. The van der Waals surface area contributed by atoms with Crippen LogP contribution in [0, 0.1) is 12.7 Å². The van der Waals surface area contributed by atoms with E-state index in [0.717, 1.165) is 11.6 Å². The third-order valence-electron chi connectivity index (χ3n) is 2.85. The van der Waals surface area contributed by atoms with Crippen molar-refractivity contribution < 1.29 is 17.6 Å². The minimum Gasteiger partial charge on any atom is -0.332 e. The maximum absolute atomic E-state index is 13.6. The van der Waals surface area contributed by atoms with Crippen LogP contribution in [0.15, 0.2) is 42.5 Å². The second-order valence-corrected chi connectivity index (χ2v) is 5.05. The van der Waals surface area contributed by atoms with Gasteiger partial charge in [0.15, 0.2) is 5.11 Å². The highest BCUT2D eigenvalue weighted by Gasteiger charge is 2.31. The van der Waals surface area contributed by atoms with Gasteiger partial charge in [-0.15, -0.1) is 0 Å². The number of benzene rings is 2. The Morgan fingerprint density at radius 1 is 1.00 bits per heavy atom. The maximum Gasteiger partial charge on any atom is 0.416 e.